The lowest BCUT2D eigenvalue weighted by Gasteiger charge is -2.09. The van der Waals surface area contributed by atoms with Crippen LogP contribution >= 0.6 is 0 Å². The smallest absolute Gasteiger partial charge is 0.339 e. The van der Waals surface area contributed by atoms with Gasteiger partial charge in [0.1, 0.15) is 0 Å². The fourth-order valence-corrected chi connectivity index (χ4v) is 2.40. The van der Waals surface area contributed by atoms with Crippen molar-refractivity contribution in [3.05, 3.63) is 69.3 Å². The van der Waals surface area contributed by atoms with Crippen molar-refractivity contribution in [2.45, 2.75) is 26.7 Å². The van der Waals surface area contributed by atoms with Crippen LogP contribution in [0.5, 0.6) is 0 Å². The van der Waals surface area contributed by atoms with Gasteiger partial charge in [0, 0.05) is 17.3 Å². The van der Waals surface area contributed by atoms with Crippen LogP contribution < -0.4 is 5.32 Å². The lowest BCUT2D eigenvalue weighted by Crippen LogP contribution is -2.21. The molecule has 136 valence electrons. The molecule has 0 aromatic heterocycles. The number of esters is 1. The Labute approximate surface area is 151 Å². The standard InChI is InChI=1S/C19H20N2O5/c1-12(2)14-7-9-15(10-8-14)20-18(22)11-26-19(23)16-5-4-6-17(13(16)3)21(24)25/h4-10,12H,11H2,1-3H3,(H,20,22). The van der Waals surface area contributed by atoms with Crippen LogP contribution in [0.4, 0.5) is 11.4 Å². The van der Waals surface area contributed by atoms with E-state index in [0.717, 1.165) is 5.56 Å². The number of benzene rings is 2. The summed E-state index contributed by atoms with van der Waals surface area (Å²) in [5.41, 5.74) is 1.84. The van der Waals surface area contributed by atoms with Crippen LogP contribution in [0.3, 0.4) is 0 Å². The second-order valence-electron chi connectivity index (χ2n) is 6.11. The van der Waals surface area contributed by atoms with Gasteiger partial charge < -0.3 is 10.1 Å². The van der Waals surface area contributed by atoms with Gasteiger partial charge in [0.25, 0.3) is 11.6 Å². The first-order valence-corrected chi connectivity index (χ1v) is 8.10. The first kappa shape index (κ1) is 19.1. The molecule has 0 fully saturated rings. The van der Waals surface area contributed by atoms with Crippen LogP contribution in [0.1, 0.15) is 41.3 Å². The van der Waals surface area contributed by atoms with E-state index in [1.807, 2.05) is 12.1 Å². The van der Waals surface area contributed by atoms with Crippen LogP contribution in [0.2, 0.25) is 0 Å². The van der Waals surface area contributed by atoms with Crippen molar-refractivity contribution in [3.63, 3.8) is 0 Å². The van der Waals surface area contributed by atoms with Crippen molar-refractivity contribution in [1.29, 1.82) is 0 Å². The highest BCUT2D eigenvalue weighted by Crippen LogP contribution is 2.21. The van der Waals surface area contributed by atoms with Crippen LogP contribution in [0.25, 0.3) is 0 Å². The van der Waals surface area contributed by atoms with Gasteiger partial charge in [-0.1, -0.05) is 32.0 Å². The number of nitro benzene ring substituents is 1. The maximum absolute atomic E-state index is 12.1. The number of hydrogen-bond donors (Lipinski definition) is 1. The molecule has 2 aromatic rings. The number of nitrogens with zero attached hydrogens (tertiary/aromatic N) is 1. The second-order valence-corrected chi connectivity index (χ2v) is 6.11. The third kappa shape index (κ3) is 4.66. The normalized spacial score (nSPS) is 10.5. The minimum absolute atomic E-state index is 0.0632. The zero-order valence-corrected chi connectivity index (χ0v) is 14.8. The fraction of sp³-hybridized carbons (Fsp3) is 0.263. The molecule has 0 atom stereocenters. The summed E-state index contributed by atoms with van der Waals surface area (Å²) in [5, 5.41) is 13.6. The van der Waals surface area contributed by atoms with E-state index in [-0.39, 0.29) is 16.8 Å². The topological polar surface area (TPSA) is 98.5 Å². The molecular formula is C19H20N2O5. The Morgan fingerprint density at radius 1 is 1.15 bits per heavy atom. The Balaban J connectivity index is 1.96. The van der Waals surface area contributed by atoms with Crippen LogP contribution in [-0.4, -0.2) is 23.4 Å². The molecule has 0 aliphatic rings. The molecule has 0 bridgehead atoms. The molecule has 0 radical (unpaired) electrons. The van der Waals surface area contributed by atoms with E-state index in [1.54, 1.807) is 12.1 Å². The predicted octanol–water partition coefficient (Wildman–Crippen LogP) is 3.82. The number of rotatable bonds is 6. The summed E-state index contributed by atoms with van der Waals surface area (Å²) in [4.78, 5) is 34.4. The van der Waals surface area contributed by atoms with Gasteiger partial charge in [-0.05, 0) is 36.6 Å². The summed E-state index contributed by atoms with van der Waals surface area (Å²) in [6, 6.07) is 11.5. The van der Waals surface area contributed by atoms with Crippen molar-refractivity contribution in [2.24, 2.45) is 0 Å². The molecule has 0 spiro atoms. The van der Waals surface area contributed by atoms with Crippen molar-refractivity contribution < 1.29 is 19.2 Å². The fourth-order valence-electron chi connectivity index (χ4n) is 2.40. The summed E-state index contributed by atoms with van der Waals surface area (Å²) in [6.07, 6.45) is 0. The van der Waals surface area contributed by atoms with E-state index < -0.39 is 23.4 Å². The number of hydrogen-bond acceptors (Lipinski definition) is 5. The van der Waals surface area contributed by atoms with Crippen molar-refractivity contribution in [2.75, 3.05) is 11.9 Å². The number of amides is 1. The molecule has 2 rings (SSSR count). The first-order chi connectivity index (χ1) is 12.3. The van der Waals surface area contributed by atoms with E-state index in [4.69, 9.17) is 4.74 Å². The van der Waals surface area contributed by atoms with Crippen molar-refractivity contribution in [3.8, 4) is 0 Å². The number of carbonyl (C=O) groups excluding carboxylic acids is 2. The second kappa shape index (κ2) is 8.24. The summed E-state index contributed by atoms with van der Waals surface area (Å²) in [5.74, 6) is -0.880. The minimum atomic E-state index is -0.781. The molecule has 2 aromatic carbocycles. The Bertz CT molecular complexity index is 828. The van der Waals surface area contributed by atoms with Crippen LogP contribution in [-0.2, 0) is 9.53 Å². The van der Waals surface area contributed by atoms with E-state index >= 15 is 0 Å². The third-order valence-electron chi connectivity index (χ3n) is 3.92. The van der Waals surface area contributed by atoms with Gasteiger partial charge in [-0.3, -0.25) is 14.9 Å². The van der Waals surface area contributed by atoms with Gasteiger partial charge in [-0.25, -0.2) is 4.79 Å². The summed E-state index contributed by atoms with van der Waals surface area (Å²) in [7, 11) is 0. The maximum atomic E-state index is 12.1. The lowest BCUT2D eigenvalue weighted by atomic mass is 10.0. The van der Waals surface area contributed by atoms with Gasteiger partial charge in [0.05, 0.1) is 10.5 Å². The highest BCUT2D eigenvalue weighted by molar-refractivity contribution is 5.96. The number of anilines is 1. The van der Waals surface area contributed by atoms with E-state index in [2.05, 4.69) is 19.2 Å². The quantitative estimate of drug-likeness (QED) is 0.482. The van der Waals surface area contributed by atoms with Gasteiger partial charge in [-0.15, -0.1) is 0 Å². The molecule has 0 unspecified atom stereocenters. The average Bonchev–Trinajstić information content (AvgIpc) is 2.60. The van der Waals surface area contributed by atoms with Gasteiger partial charge in [-0.2, -0.15) is 0 Å². The Morgan fingerprint density at radius 3 is 2.38 bits per heavy atom. The number of carbonyl (C=O) groups is 2. The highest BCUT2D eigenvalue weighted by Gasteiger charge is 2.19. The molecular weight excluding hydrogens is 336 g/mol. The summed E-state index contributed by atoms with van der Waals surface area (Å²) >= 11 is 0. The molecule has 0 aliphatic heterocycles. The molecule has 0 aliphatic carbocycles. The predicted molar refractivity (Wildman–Crippen MR) is 97.3 cm³/mol. The average molecular weight is 356 g/mol. The summed E-state index contributed by atoms with van der Waals surface area (Å²) in [6.45, 7) is 5.13. The Morgan fingerprint density at radius 2 is 1.81 bits per heavy atom. The molecule has 0 saturated carbocycles. The van der Waals surface area contributed by atoms with E-state index in [0.29, 0.717) is 11.6 Å². The van der Waals surface area contributed by atoms with Crippen LogP contribution in [0, 0.1) is 17.0 Å². The first-order valence-electron chi connectivity index (χ1n) is 8.10. The number of nitro groups is 1. The highest BCUT2D eigenvalue weighted by atomic mass is 16.6. The number of nitrogens with one attached hydrogen (secondary N) is 1. The van der Waals surface area contributed by atoms with Gasteiger partial charge in [0.15, 0.2) is 6.61 Å². The van der Waals surface area contributed by atoms with Crippen molar-refractivity contribution in [1.82, 2.24) is 0 Å². The largest absolute Gasteiger partial charge is 0.452 e. The van der Waals surface area contributed by atoms with Crippen LogP contribution in [0.15, 0.2) is 42.5 Å². The molecule has 26 heavy (non-hydrogen) atoms. The molecule has 1 N–H and O–H groups in total. The summed E-state index contributed by atoms with van der Waals surface area (Å²) < 4.78 is 4.97. The van der Waals surface area contributed by atoms with Crippen molar-refractivity contribution >= 4 is 23.3 Å². The molecule has 0 saturated heterocycles. The SMILES string of the molecule is Cc1c(C(=O)OCC(=O)Nc2ccc(C(C)C)cc2)cccc1[N+](=O)[O-]. The third-order valence-corrected chi connectivity index (χ3v) is 3.92. The zero-order chi connectivity index (χ0) is 19.3. The van der Waals surface area contributed by atoms with Gasteiger partial charge >= 0.3 is 5.97 Å². The molecule has 0 heterocycles. The zero-order valence-electron chi connectivity index (χ0n) is 14.8. The lowest BCUT2D eigenvalue weighted by molar-refractivity contribution is -0.385. The van der Waals surface area contributed by atoms with E-state index in [9.17, 15) is 19.7 Å². The van der Waals surface area contributed by atoms with Gasteiger partial charge in [0.2, 0.25) is 0 Å². The maximum Gasteiger partial charge on any atom is 0.339 e. The molecule has 7 heteroatoms. The minimum Gasteiger partial charge on any atom is -0.452 e. The molecule has 7 nitrogen and oxygen atoms in total. The number of ether oxygens (including phenoxy) is 1. The Kier molecular flexibility index (Phi) is 6.06. The Hall–Kier alpha value is -3.22. The monoisotopic (exact) mass is 356 g/mol. The molecule has 1 amide bonds. The van der Waals surface area contributed by atoms with E-state index in [1.165, 1.54) is 25.1 Å².